The molecule has 3 nitrogen and oxygen atoms in total. The molecule has 19 heavy (non-hydrogen) atoms. The molecule has 0 amide bonds. The molecule has 0 spiro atoms. The van der Waals surface area contributed by atoms with Gasteiger partial charge in [-0.15, -0.1) is 11.6 Å². The van der Waals surface area contributed by atoms with E-state index in [2.05, 4.69) is 5.10 Å². The van der Waals surface area contributed by atoms with Crippen molar-refractivity contribution in [1.82, 2.24) is 9.78 Å². The highest BCUT2D eigenvalue weighted by Crippen LogP contribution is 2.28. The topological polar surface area (TPSA) is 27.1 Å². The first-order valence-corrected chi connectivity index (χ1v) is 6.97. The molecule has 1 aromatic carbocycles. The van der Waals surface area contributed by atoms with Gasteiger partial charge in [-0.25, -0.2) is 0 Å². The average molecular weight is 320 g/mol. The fraction of sp³-hybridized carbons (Fsp3) is 0.308. The number of alkyl halides is 1. The minimum absolute atomic E-state index is 0.332. The first-order chi connectivity index (χ1) is 9.02. The third-order valence-corrected chi connectivity index (χ3v) is 3.87. The van der Waals surface area contributed by atoms with E-state index in [-0.39, 0.29) is 0 Å². The SMILES string of the molecule is Cc1nn(C)c(Cl)c1COc1ccc(CCl)cc1Cl. The van der Waals surface area contributed by atoms with Crippen LogP contribution in [0.3, 0.4) is 0 Å². The summed E-state index contributed by atoms with van der Waals surface area (Å²) in [5.41, 5.74) is 2.66. The van der Waals surface area contributed by atoms with Crippen molar-refractivity contribution in [3.05, 3.63) is 45.2 Å². The van der Waals surface area contributed by atoms with E-state index < -0.39 is 0 Å². The lowest BCUT2D eigenvalue weighted by molar-refractivity contribution is 0.305. The molecule has 6 heteroatoms. The van der Waals surface area contributed by atoms with Gasteiger partial charge in [0, 0.05) is 18.5 Å². The molecule has 102 valence electrons. The van der Waals surface area contributed by atoms with Gasteiger partial charge in [0.05, 0.1) is 10.7 Å². The van der Waals surface area contributed by atoms with E-state index in [9.17, 15) is 0 Å². The van der Waals surface area contributed by atoms with Crippen LogP contribution in [-0.4, -0.2) is 9.78 Å². The number of ether oxygens (including phenoxy) is 1. The maximum atomic E-state index is 6.14. The standard InChI is InChI=1S/C13H13Cl3N2O/c1-8-10(13(16)18(2)17-8)7-19-12-4-3-9(6-14)5-11(12)15/h3-5H,6-7H2,1-2H3. The summed E-state index contributed by atoms with van der Waals surface area (Å²) in [6.07, 6.45) is 0. The molecule has 1 aromatic heterocycles. The van der Waals surface area contributed by atoms with Crippen molar-refractivity contribution >= 4 is 34.8 Å². The molecule has 0 aliphatic heterocycles. The number of rotatable bonds is 4. The normalized spacial score (nSPS) is 10.8. The minimum atomic E-state index is 0.332. The van der Waals surface area contributed by atoms with Crippen molar-refractivity contribution in [1.29, 1.82) is 0 Å². The van der Waals surface area contributed by atoms with Crippen molar-refractivity contribution in [2.45, 2.75) is 19.4 Å². The Morgan fingerprint density at radius 3 is 2.58 bits per heavy atom. The van der Waals surface area contributed by atoms with E-state index in [0.29, 0.717) is 28.4 Å². The molecule has 0 aliphatic rings. The van der Waals surface area contributed by atoms with Gasteiger partial charge in [0.2, 0.25) is 0 Å². The van der Waals surface area contributed by atoms with Crippen molar-refractivity contribution in [3.63, 3.8) is 0 Å². The van der Waals surface area contributed by atoms with Gasteiger partial charge >= 0.3 is 0 Å². The summed E-state index contributed by atoms with van der Waals surface area (Å²) in [5.74, 6) is 1.03. The van der Waals surface area contributed by atoms with Gasteiger partial charge in [0.15, 0.2) is 0 Å². The molecule has 2 aromatic rings. The first-order valence-electron chi connectivity index (χ1n) is 5.68. The largest absolute Gasteiger partial charge is 0.487 e. The number of nitrogens with zero attached hydrogens (tertiary/aromatic N) is 2. The zero-order valence-electron chi connectivity index (χ0n) is 10.6. The number of aromatic nitrogens is 2. The van der Waals surface area contributed by atoms with Crippen LogP contribution in [0.1, 0.15) is 16.8 Å². The van der Waals surface area contributed by atoms with Crippen LogP contribution < -0.4 is 4.74 Å². The predicted octanol–water partition coefficient (Wildman–Crippen LogP) is 4.35. The summed E-state index contributed by atoms with van der Waals surface area (Å²) in [5, 5.41) is 5.34. The minimum Gasteiger partial charge on any atom is -0.487 e. The molecule has 0 aliphatic carbocycles. The van der Waals surface area contributed by atoms with Crippen LogP contribution >= 0.6 is 34.8 Å². The maximum Gasteiger partial charge on any atom is 0.138 e. The van der Waals surface area contributed by atoms with Crippen molar-refractivity contribution in [2.75, 3.05) is 0 Å². The van der Waals surface area contributed by atoms with Gasteiger partial charge in [0.1, 0.15) is 17.5 Å². The van der Waals surface area contributed by atoms with Crippen LogP contribution in [-0.2, 0) is 19.5 Å². The highest BCUT2D eigenvalue weighted by Gasteiger charge is 2.12. The number of hydrogen-bond acceptors (Lipinski definition) is 2. The number of aryl methyl sites for hydroxylation is 2. The fourth-order valence-corrected chi connectivity index (χ4v) is 2.39. The highest BCUT2D eigenvalue weighted by molar-refractivity contribution is 6.32. The van der Waals surface area contributed by atoms with E-state index >= 15 is 0 Å². The average Bonchev–Trinajstić information content (AvgIpc) is 2.62. The molecule has 0 unspecified atom stereocenters. The van der Waals surface area contributed by atoms with E-state index in [4.69, 9.17) is 39.5 Å². The van der Waals surface area contributed by atoms with Crippen molar-refractivity contribution < 1.29 is 4.74 Å². The molecular formula is C13H13Cl3N2O. The van der Waals surface area contributed by atoms with Gasteiger partial charge in [-0.2, -0.15) is 5.10 Å². The number of halogens is 3. The summed E-state index contributed by atoms with van der Waals surface area (Å²) in [4.78, 5) is 0. The lowest BCUT2D eigenvalue weighted by Crippen LogP contribution is -1.98. The van der Waals surface area contributed by atoms with Crippen LogP contribution in [0.15, 0.2) is 18.2 Å². The Morgan fingerprint density at radius 2 is 2.05 bits per heavy atom. The summed E-state index contributed by atoms with van der Waals surface area (Å²) >= 11 is 18.0. The quantitative estimate of drug-likeness (QED) is 0.783. The monoisotopic (exact) mass is 318 g/mol. The van der Waals surface area contributed by atoms with Crippen LogP contribution in [0.2, 0.25) is 10.2 Å². The van der Waals surface area contributed by atoms with Crippen LogP contribution in [0.5, 0.6) is 5.75 Å². The second-order valence-corrected chi connectivity index (χ2v) is 5.20. The summed E-state index contributed by atoms with van der Waals surface area (Å²) in [7, 11) is 1.79. The van der Waals surface area contributed by atoms with Gasteiger partial charge < -0.3 is 4.74 Å². The van der Waals surface area contributed by atoms with Gasteiger partial charge in [-0.05, 0) is 24.6 Å². The summed E-state index contributed by atoms with van der Waals surface area (Å²) in [6, 6.07) is 5.48. The molecule has 1 heterocycles. The van der Waals surface area contributed by atoms with E-state index in [1.807, 2.05) is 13.0 Å². The Labute approximate surface area is 127 Å². The Balaban J connectivity index is 2.14. The lowest BCUT2D eigenvalue weighted by atomic mass is 10.2. The molecular weight excluding hydrogens is 307 g/mol. The smallest absolute Gasteiger partial charge is 0.138 e. The predicted molar refractivity (Wildman–Crippen MR) is 78.3 cm³/mol. The van der Waals surface area contributed by atoms with Crippen LogP contribution in [0.4, 0.5) is 0 Å². The van der Waals surface area contributed by atoms with E-state index in [1.165, 1.54) is 0 Å². The molecule has 2 rings (SSSR count). The van der Waals surface area contributed by atoms with Crippen molar-refractivity contribution in [3.8, 4) is 5.75 Å². The Morgan fingerprint density at radius 1 is 1.32 bits per heavy atom. The highest BCUT2D eigenvalue weighted by atomic mass is 35.5. The molecule has 0 bridgehead atoms. The number of hydrogen-bond donors (Lipinski definition) is 0. The molecule has 0 saturated heterocycles. The van der Waals surface area contributed by atoms with Crippen molar-refractivity contribution in [2.24, 2.45) is 7.05 Å². The van der Waals surface area contributed by atoms with Crippen LogP contribution in [0, 0.1) is 6.92 Å². The molecule has 0 fully saturated rings. The van der Waals surface area contributed by atoms with Gasteiger partial charge in [0.25, 0.3) is 0 Å². The second-order valence-electron chi connectivity index (χ2n) is 4.17. The van der Waals surface area contributed by atoms with E-state index in [0.717, 1.165) is 16.8 Å². The van der Waals surface area contributed by atoms with E-state index in [1.54, 1.807) is 23.9 Å². The zero-order valence-corrected chi connectivity index (χ0v) is 12.9. The van der Waals surface area contributed by atoms with Gasteiger partial charge in [-0.1, -0.05) is 29.3 Å². The van der Waals surface area contributed by atoms with Gasteiger partial charge in [-0.3, -0.25) is 4.68 Å². The Kier molecular flexibility index (Phi) is 4.61. The Bertz CT molecular complexity index is 596. The fourth-order valence-electron chi connectivity index (χ4n) is 1.73. The molecule has 0 N–H and O–H groups in total. The molecule has 0 atom stereocenters. The summed E-state index contributed by atoms with van der Waals surface area (Å²) in [6.45, 7) is 2.22. The molecule has 0 radical (unpaired) electrons. The third-order valence-electron chi connectivity index (χ3n) is 2.79. The summed E-state index contributed by atoms with van der Waals surface area (Å²) < 4.78 is 7.30. The third kappa shape index (κ3) is 3.16. The maximum absolute atomic E-state index is 6.14. The zero-order chi connectivity index (χ0) is 14.0. The first kappa shape index (κ1) is 14.5. The van der Waals surface area contributed by atoms with Crippen LogP contribution in [0.25, 0.3) is 0 Å². The molecule has 0 saturated carbocycles. The second kappa shape index (κ2) is 6.04. The number of benzene rings is 1. The Hall–Kier alpha value is -0.900. The lowest BCUT2D eigenvalue weighted by Gasteiger charge is -2.09.